The van der Waals surface area contributed by atoms with Crippen molar-refractivity contribution >= 4 is 11.6 Å². The SMILES string of the molecule is COc1cc2c(c(OC)c1OC)-c1ccc(NCC(C)c3ccccc3)c(=O)cc1C(NC(C)=O)CC2. The molecule has 2 N–H and O–H groups in total. The van der Waals surface area contributed by atoms with Crippen molar-refractivity contribution in [1.82, 2.24) is 5.32 Å². The molecule has 0 heterocycles. The van der Waals surface area contributed by atoms with Crippen molar-refractivity contribution in [3.63, 3.8) is 0 Å². The van der Waals surface area contributed by atoms with E-state index in [9.17, 15) is 9.59 Å². The van der Waals surface area contributed by atoms with Crippen LogP contribution in [0.3, 0.4) is 0 Å². The molecule has 0 radical (unpaired) electrons. The number of ether oxygens (including phenoxy) is 3. The van der Waals surface area contributed by atoms with E-state index in [4.69, 9.17) is 14.2 Å². The number of amides is 1. The van der Waals surface area contributed by atoms with Crippen molar-refractivity contribution in [2.75, 3.05) is 33.2 Å². The van der Waals surface area contributed by atoms with E-state index in [0.717, 1.165) is 22.3 Å². The van der Waals surface area contributed by atoms with Crippen LogP contribution in [-0.4, -0.2) is 33.8 Å². The third-order valence-electron chi connectivity index (χ3n) is 6.88. The van der Waals surface area contributed by atoms with Crippen molar-refractivity contribution in [1.29, 1.82) is 0 Å². The van der Waals surface area contributed by atoms with Crippen molar-refractivity contribution < 1.29 is 19.0 Å². The molecule has 0 saturated heterocycles. The zero-order valence-corrected chi connectivity index (χ0v) is 22.0. The van der Waals surface area contributed by atoms with E-state index in [2.05, 4.69) is 29.7 Å². The maximum Gasteiger partial charge on any atom is 0.217 e. The minimum Gasteiger partial charge on any atom is -0.493 e. The van der Waals surface area contributed by atoms with Gasteiger partial charge in [0, 0.05) is 19.0 Å². The van der Waals surface area contributed by atoms with Gasteiger partial charge >= 0.3 is 0 Å². The van der Waals surface area contributed by atoms with E-state index >= 15 is 0 Å². The molecular formula is C30H34N2O5. The van der Waals surface area contributed by atoms with Crippen molar-refractivity contribution in [2.24, 2.45) is 0 Å². The maximum absolute atomic E-state index is 13.4. The lowest BCUT2D eigenvalue weighted by atomic mass is 9.95. The summed E-state index contributed by atoms with van der Waals surface area (Å²) in [4.78, 5) is 25.5. The molecular weight excluding hydrogens is 468 g/mol. The largest absolute Gasteiger partial charge is 0.493 e. The number of carbonyl (C=O) groups is 1. The number of methoxy groups -OCH3 is 3. The third kappa shape index (κ3) is 5.40. The number of benzene rings is 2. The smallest absolute Gasteiger partial charge is 0.217 e. The van der Waals surface area contributed by atoms with Gasteiger partial charge in [-0.25, -0.2) is 0 Å². The fraction of sp³-hybridized carbons (Fsp3) is 0.333. The number of rotatable bonds is 8. The van der Waals surface area contributed by atoms with Gasteiger partial charge < -0.3 is 24.8 Å². The van der Waals surface area contributed by atoms with Crippen LogP contribution in [0.15, 0.2) is 59.4 Å². The first-order valence-electron chi connectivity index (χ1n) is 12.4. The second-order valence-corrected chi connectivity index (χ2v) is 9.29. The molecule has 0 bridgehead atoms. The van der Waals surface area contributed by atoms with Gasteiger partial charge in [-0.05, 0) is 59.2 Å². The summed E-state index contributed by atoms with van der Waals surface area (Å²) in [5.74, 6) is 1.65. The van der Waals surface area contributed by atoms with Crippen molar-refractivity contribution in [3.8, 4) is 28.4 Å². The van der Waals surface area contributed by atoms with Gasteiger partial charge in [-0.15, -0.1) is 0 Å². The minimum atomic E-state index is -0.335. The fourth-order valence-electron chi connectivity index (χ4n) is 5.02. The number of anilines is 1. The normalized spacial score (nSPS) is 14.9. The average molecular weight is 503 g/mol. The summed E-state index contributed by atoms with van der Waals surface area (Å²) in [5, 5.41) is 6.38. The van der Waals surface area contributed by atoms with Crippen LogP contribution in [0.5, 0.6) is 17.2 Å². The number of aryl methyl sites for hydroxylation is 1. The quantitative estimate of drug-likeness (QED) is 0.447. The van der Waals surface area contributed by atoms with Crippen LogP contribution in [0.25, 0.3) is 11.1 Å². The minimum absolute atomic E-state index is 0.139. The van der Waals surface area contributed by atoms with Gasteiger partial charge in [0.25, 0.3) is 0 Å². The molecule has 1 aliphatic carbocycles. The van der Waals surface area contributed by atoms with Gasteiger partial charge in [-0.1, -0.05) is 43.3 Å². The molecule has 0 saturated carbocycles. The molecule has 4 rings (SSSR count). The average Bonchev–Trinajstić information content (AvgIpc) is 3.15. The summed E-state index contributed by atoms with van der Waals surface area (Å²) in [7, 11) is 4.75. The van der Waals surface area contributed by atoms with Crippen molar-refractivity contribution in [3.05, 3.63) is 81.5 Å². The van der Waals surface area contributed by atoms with Crippen LogP contribution in [0, 0.1) is 0 Å². The van der Waals surface area contributed by atoms with Crippen molar-refractivity contribution in [2.45, 2.75) is 38.6 Å². The molecule has 7 heteroatoms. The van der Waals surface area contributed by atoms with Crippen LogP contribution in [-0.2, 0) is 11.2 Å². The van der Waals surface area contributed by atoms with E-state index < -0.39 is 0 Å². The van der Waals surface area contributed by atoms with Crippen LogP contribution in [0.4, 0.5) is 5.69 Å². The maximum atomic E-state index is 13.4. The Kier molecular flexibility index (Phi) is 8.01. The van der Waals surface area contributed by atoms with E-state index in [1.54, 1.807) is 27.4 Å². The Morgan fingerprint density at radius 2 is 1.73 bits per heavy atom. The zero-order chi connectivity index (χ0) is 26.5. The molecule has 0 aliphatic heterocycles. The second kappa shape index (κ2) is 11.4. The number of hydrogen-bond donors (Lipinski definition) is 2. The topological polar surface area (TPSA) is 85.9 Å². The van der Waals surface area contributed by atoms with Gasteiger partial charge in [0.1, 0.15) is 0 Å². The first kappa shape index (κ1) is 26.1. The number of carbonyl (C=O) groups excluding carboxylic acids is 1. The monoisotopic (exact) mass is 502 g/mol. The lowest BCUT2D eigenvalue weighted by Gasteiger charge is -2.19. The number of nitrogens with one attached hydrogen (secondary N) is 2. The van der Waals surface area contributed by atoms with Crippen LogP contribution in [0.1, 0.15) is 48.9 Å². The molecule has 7 nitrogen and oxygen atoms in total. The van der Waals surface area contributed by atoms with E-state index in [1.165, 1.54) is 12.5 Å². The first-order chi connectivity index (χ1) is 17.9. The first-order valence-corrected chi connectivity index (χ1v) is 12.4. The fourth-order valence-corrected chi connectivity index (χ4v) is 5.02. The molecule has 3 aromatic rings. The Morgan fingerprint density at radius 3 is 2.38 bits per heavy atom. The molecule has 0 fully saturated rings. The lowest BCUT2D eigenvalue weighted by molar-refractivity contribution is -0.119. The summed E-state index contributed by atoms with van der Waals surface area (Å²) in [6.45, 7) is 4.22. The van der Waals surface area contributed by atoms with Crippen LogP contribution in [0.2, 0.25) is 0 Å². The van der Waals surface area contributed by atoms with E-state index in [-0.39, 0.29) is 23.3 Å². The third-order valence-corrected chi connectivity index (χ3v) is 6.88. The van der Waals surface area contributed by atoms with Crippen LogP contribution < -0.4 is 30.3 Å². The number of fused-ring (bicyclic) bond motifs is 3. The number of hydrogen-bond acceptors (Lipinski definition) is 6. The molecule has 194 valence electrons. The molecule has 2 unspecified atom stereocenters. The summed E-state index contributed by atoms with van der Waals surface area (Å²) in [6, 6.07) is 17.2. The molecule has 3 aromatic carbocycles. The van der Waals surface area contributed by atoms with Gasteiger partial charge in [0.05, 0.1) is 33.1 Å². The molecule has 0 aromatic heterocycles. The van der Waals surface area contributed by atoms with E-state index in [1.807, 2.05) is 36.4 Å². The molecule has 37 heavy (non-hydrogen) atoms. The summed E-state index contributed by atoms with van der Waals surface area (Å²) in [5.41, 5.74) is 4.94. The summed E-state index contributed by atoms with van der Waals surface area (Å²) < 4.78 is 17.1. The second-order valence-electron chi connectivity index (χ2n) is 9.29. The highest BCUT2D eigenvalue weighted by Crippen LogP contribution is 2.50. The summed E-state index contributed by atoms with van der Waals surface area (Å²) >= 11 is 0. The molecule has 1 aliphatic rings. The highest BCUT2D eigenvalue weighted by molar-refractivity contribution is 5.83. The Hall–Kier alpha value is -4.00. The van der Waals surface area contributed by atoms with Gasteiger partial charge in [0.15, 0.2) is 11.5 Å². The lowest BCUT2D eigenvalue weighted by Crippen LogP contribution is -2.26. The highest BCUT2D eigenvalue weighted by Gasteiger charge is 2.29. The standard InChI is InChI=1S/C30H34N2O5/c1-18(20-9-7-6-8-10-20)17-31-25-14-12-22-23(16-26(25)34)24(32-19(2)33)13-11-21-15-27(35-3)29(36-4)30(37-5)28(21)22/h6-10,12,14-16,18,24H,11,13,17H2,1-5H3,(H,31,34)(H,32,33). The predicted octanol–water partition coefficient (Wildman–Crippen LogP) is 5.08. The Bertz CT molecular complexity index is 1340. The Labute approximate surface area is 217 Å². The zero-order valence-electron chi connectivity index (χ0n) is 22.0. The highest BCUT2D eigenvalue weighted by atomic mass is 16.5. The molecule has 0 spiro atoms. The molecule has 1 amide bonds. The Morgan fingerprint density at radius 1 is 1.00 bits per heavy atom. The van der Waals surface area contributed by atoms with Gasteiger partial charge in [-0.3, -0.25) is 9.59 Å². The Balaban J connectivity index is 1.85. The predicted molar refractivity (Wildman–Crippen MR) is 146 cm³/mol. The van der Waals surface area contributed by atoms with Crippen LogP contribution >= 0.6 is 0 Å². The molecule has 2 atom stereocenters. The summed E-state index contributed by atoms with van der Waals surface area (Å²) in [6.07, 6.45) is 1.28. The van der Waals surface area contributed by atoms with E-state index in [0.29, 0.717) is 42.3 Å². The van der Waals surface area contributed by atoms with Gasteiger partial charge in [0.2, 0.25) is 17.1 Å². The van der Waals surface area contributed by atoms with Gasteiger partial charge in [-0.2, -0.15) is 0 Å².